The van der Waals surface area contributed by atoms with Crippen molar-refractivity contribution in [1.29, 1.82) is 0 Å². The third kappa shape index (κ3) is 4.50. The highest BCUT2D eigenvalue weighted by atomic mass is 35.5. The maximum absolute atomic E-state index is 11.3. The number of aliphatic carboxylic acids is 1. The Morgan fingerprint density at radius 1 is 0.964 bits per heavy atom. The zero-order valence-corrected chi connectivity index (χ0v) is 17.0. The molecule has 0 radical (unpaired) electrons. The average molecular weight is 401 g/mol. The topological polar surface area (TPSA) is 43.8 Å². The van der Waals surface area contributed by atoms with Gasteiger partial charge in [0.15, 0.2) is 0 Å². The second-order valence-electron chi connectivity index (χ2n) is 7.74. The van der Waals surface area contributed by atoms with Crippen LogP contribution in [0.15, 0.2) is 48.5 Å². The number of carboxylic acid groups (broad SMARTS) is 1. The molecule has 2 aliphatic heterocycles. The summed E-state index contributed by atoms with van der Waals surface area (Å²) < 4.78 is 0. The fourth-order valence-electron chi connectivity index (χ4n) is 4.52. The summed E-state index contributed by atoms with van der Waals surface area (Å²) in [7, 11) is 0. The van der Waals surface area contributed by atoms with E-state index in [1.165, 1.54) is 22.5 Å². The Bertz CT molecular complexity index is 763. The molecule has 4 rings (SSSR count). The summed E-state index contributed by atoms with van der Waals surface area (Å²) in [5.74, 6) is -0.839. The van der Waals surface area contributed by atoms with Gasteiger partial charge in [0.25, 0.3) is 0 Å². The summed E-state index contributed by atoms with van der Waals surface area (Å²) in [6.45, 7) is 3.65. The molecule has 1 atom stereocenters. The van der Waals surface area contributed by atoms with E-state index in [1.54, 1.807) is 0 Å². The van der Waals surface area contributed by atoms with Gasteiger partial charge in [-0.2, -0.15) is 0 Å². The molecule has 2 aromatic rings. The van der Waals surface area contributed by atoms with Crippen molar-refractivity contribution in [2.75, 3.05) is 31.1 Å². The molecule has 0 saturated carbocycles. The Kier molecular flexibility index (Phi) is 6.97. The molecule has 0 aromatic heterocycles. The summed E-state index contributed by atoms with van der Waals surface area (Å²) in [4.78, 5) is 16.1. The first-order chi connectivity index (χ1) is 13.2. The summed E-state index contributed by atoms with van der Waals surface area (Å²) in [6.07, 6.45) is 5.01. The van der Waals surface area contributed by atoms with Gasteiger partial charge in [0.05, 0.1) is 5.92 Å². The van der Waals surface area contributed by atoms with E-state index in [1.807, 2.05) is 0 Å². The molecular formula is C23H29ClN2O2. The number of carboxylic acids is 1. The van der Waals surface area contributed by atoms with Gasteiger partial charge in [0.2, 0.25) is 0 Å². The quantitative estimate of drug-likeness (QED) is 0.800. The molecule has 1 saturated heterocycles. The van der Waals surface area contributed by atoms with Gasteiger partial charge in [-0.05, 0) is 68.5 Å². The van der Waals surface area contributed by atoms with Crippen LogP contribution in [0.2, 0.25) is 0 Å². The number of rotatable bonds is 5. The van der Waals surface area contributed by atoms with E-state index in [9.17, 15) is 9.90 Å². The van der Waals surface area contributed by atoms with Crippen molar-refractivity contribution < 1.29 is 9.90 Å². The van der Waals surface area contributed by atoms with E-state index in [0.29, 0.717) is 6.54 Å². The summed E-state index contributed by atoms with van der Waals surface area (Å²) >= 11 is 0. The molecule has 4 nitrogen and oxygen atoms in total. The van der Waals surface area contributed by atoms with Gasteiger partial charge in [-0.1, -0.05) is 36.4 Å². The SMILES string of the molecule is Cl.O=C(O)[C@H]1CCCN(CCCN2c3ccccc3CCc3ccccc32)C1. The van der Waals surface area contributed by atoms with Crippen molar-refractivity contribution in [3.05, 3.63) is 59.7 Å². The fraction of sp³-hybridized carbons (Fsp3) is 0.435. The number of carbonyl (C=O) groups is 1. The van der Waals surface area contributed by atoms with E-state index < -0.39 is 5.97 Å². The third-order valence-electron chi connectivity index (χ3n) is 5.94. The second-order valence-corrected chi connectivity index (χ2v) is 7.74. The van der Waals surface area contributed by atoms with Gasteiger partial charge in [0, 0.05) is 24.5 Å². The second kappa shape index (κ2) is 9.44. The molecular weight excluding hydrogens is 372 g/mol. The zero-order valence-electron chi connectivity index (χ0n) is 16.2. The summed E-state index contributed by atoms with van der Waals surface area (Å²) in [5.41, 5.74) is 5.48. The first kappa shape index (κ1) is 20.7. The van der Waals surface area contributed by atoms with E-state index >= 15 is 0 Å². The fourth-order valence-corrected chi connectivity index (χ4v) is 4.52. The third-order valence-corrected chi connectivity index (χ3v) is 5.94. The zero-order chi connectivity index (χ0) is 18.6. The molecule has 0 spiro atoms. The number of aryl methyl sites for hydroxylation is 2. The molecule has 0 bridgehead atoms. The lowest BCUT2D eigenvalue weighted by atomic mass is 9.98. The van der Waals surface area contributed by atoms with Crippen molar-refractivity contribution in [2.24, 2.45) is 5.92 Å². The lowest BCUT2D eigenvalue weighted by Gasteiger charge is -2.32. The van der Waals surface area contributed by atoms with E-state index in [0.717, 1.165) is 51.7 Å². The molecule has 2 aliphatic rings. The average Bonchev–Trinajstić information content (AvgIpc) is 2.86. The Morgan fingerprint density at radius 2 is 1.57 bits per heavy atom. The number of piperidine rings is 1. The van der Waals surface area contributed by atoms with Gasteiger partial charge in [0.1, 0.15) is 0 Å². The van der Waals surface area contributed by atoms with Crippen LogP contribution in [0.3, 0.4) is 0 Å². The maximum Gasteiger partial charge on any atom is 0.307 e. The summed E-state index contributed by atoms with van der Waals surface area (Å²) in [6, 6.07) is 17.5. The van der Waals surface area contributed by atoms with Gasteiger partial charge < -0.3 is 14.9 Å². The van der Waals surface area contributed by atoms with Crippen molar-refractivity contribution in [2.45, 2.75) is 32.1 Å². The van der Waals surface area contributed by atoms with Gasteiger partial charge in [-0.3, -0.25) is 4.79 Å². The Hall–Kier alpha value is -2.04. The molecule has 2 aromatic carbocycles. The van der Waals surface area contributed by atoms with Crippen LogP contribution in [0.25, 0.3) is 0 Å². The molecule has 5 heteroatoms. The van der Waals surface area contributed by atoms with Crippen molar-refractivity contribution in [3.63, 3.8) is 0 Å². The first-order valence-corrected chi connectivity index (χ1v) is 10.1. The molecule has 0 amide bonds. The highest BCUT2D eigenvalue weighted by Gasteiger charge is 2.25. The molecule has 0 aliphatic carbocycles. The molecule has 1 fully saturated rings. The monoisotopic (exact) mass is 400 g/mol. The Balaban J connectivity index is 0.00000225. The molecule has 28 heavy (non-hydrogen) atoms. The Labute approximate surface area is 173 Å². The van der Waals surface area contributed by atoms with Crippen LogP contribution in [-0.2, 0) is 17.6 Å². The van der Waals surface area contributed by atoms with E-state index in [-0.39, 0.29) is 18.3 Å². The van der Waals surface area contributed by atoms with Crippen molar-refractivity contribution >= 4 is 29.8 Å². The number of para-hydroxylation sites is 2. The highest BCUT2D eigenvalue weighted by Crippen LogP contribution is 2.35. The number of halogens is 1. The minimum absolute atomic E-state index is 0. The number of fused-ring (bicyclic) bond motifs is 2. The molecule has 0 unspecified atom stereocenters. The Morgan fingerprint density at radius 3 is 2.18 bits per heavy atom. The predicted molar refractivity (Wildman–Crippen MR) is 116 cm³/mol. The van der Waals surface area contributed by atoms with Gasteiger partial charge in [-0.25, -0.2) is 0 Å². The van der Waals surface area contributed by atoms with Crippen LogP contribution < -0.4 is 4.90 Å². The lowest BCUT2D eigenvalue weighted by molar-refractivity contribution is -0.143. The van der Waals surface area contributed by atoms with Crippen LogP contribution in [0.1, 0.15) is 30.4 Å². The van der Waals surface area contributed by atoms with E-state index in [2.05, 4.69) is 58.3 Å². The maximum atomic E-state index is 11.3. The van der Waals surface area contributed by atoms with Crippen molar-refractivity contribution in [1.82, 2.24) is 4.90 Å². The summed E-state index contributed by atoms with van der Waals surface area (Å²) in [5, 5.41) is 9.30. The first-order valence-electron chi connectivity index (χ1n) is 10.1. The van der Waals surface area contributed by atoms with Crippen LogP contribution in [0.4, 0.5) is 11.4 Å². The number of benzene rings is 2. The molecule has 1 N–H and O–H groups in total. The number of nitrogens with zero attached hydrogens (tertiary/aromatic N) is 2. The van der Waals surface area contributed by atoms with Crippen LogP contribution >= 0.6 is 12.4 Å². The van der Waals surface area contributed by atoms with Crippen LogP contribution in [0.5, 0.6) is 0 Å². The van der Waals surface area contributed by atoms with Gasteiger partial charge >= 0.3 is 5.97 Å². The van der Waals surface area contributed by atoms with Gasteiger partial charge in [-0.15, -0.1) is 12.4 Å². The van der Waals surface area contributed by atoms with Crippen LogP contribution in [0, 0.1) is 5.92 Å². The molecule has 150 valence electrons. The highest BCUT2D eigenvalue weighted by molar-refractivity contribution is 5.85. The lowest BCUT2D eigenvalue weighted by Crippen LogP contribution is -2.39. The standard InChI is InChI=1S/C23H28N2O2.ClH/c26-23(27)20-9-5-14-24(17-20)15-6-16-25-21-10-3-1-7-18(21)12-13-19-8-2-4-11-22(19)25;/h1-4,7-8,10-11,20H,5-6,9,12-17H2,(H,26,27);1H/t20-;/m0./s1. The normalized spacial score (nSPS) is 19.1. The largest absolute Gasteiger partial charge is 0.481 e. The minimum atomic E-state index is -0.643. The smallest absolute Gasteiger partial charge is 0.307 e. The van der Waals surface area contributed by atoms with E-state index in [4.69, 9.17) is 0 Å². The number of hydrogen-bond acceptors (Lipinski definition) is 3. The van der Waals surface area contributed by atoms with Crippen molar-refractivity contribution in [3.8, 4) is 0 Å². The minimum Gasteiger partial charge on any atom is -0.481 e. The number of hydrogen-bond donors (Lipinski definition) is 1. The number of anilines is 2. The number of likely N-dealkylation sites (tertiary alicyclic amines) is 1. The van der Waals surface area contributed by atoms with Crippen LogP contribution in [-0.4, -0.2) is 42.2 Å². The predicted octanol–water partition coefficient (Wildman–Crippen LogP) is 4.53. The molecule has 2 heterocycles.